The maximum absolute atomic E-state index is 11.8. The van der Waals surface area contributed by atoms with Crippen molar-refractivity contribution in [3.05, 3.63) is 57.1 Å². The van der Waals surface area contributed by atoms with Gasteiger partial charge in [-0.15, -0.1) is 11.3 Å². The van der Waals surface area contributed by atoms with E-state index in [2.05, 4.69) is 10.3 Å². The van der Waals surface area contributed by atoms with Gasteiger partial charge in [-0.2, -0.15) is 0 Å². The van der Waals surface area contributed by atoms with Crippen LogP contribution in [-0.4, -0.2) is 22.4 Å². The Morgan fingerprint density at radius 1 is 1.37 bits per heavy atom. The number of nitrogens with one attached hydrogen (secondary N) is 1. The average Bonchev–Trinajstić information content (AvgIpc) is 2.85. The lowest BCUT2D eigenvalue weighted by Gasteiger charge is -2.00. The summed E-state index contributed by atoms with van der Waals surface area (Å²) in [7, 11) is 0. The molecule has 1 aromatic carbocycles. The smallest absolute Gasteiger partial charge is 0.257 e. The summed E-state index contributed by atoms with van der Waals surface area (Å²) in [6.07, 6.45) is 1.88. The fourth-order valence-corrected chi connectivity index (χ4v) is 2.24. The second-order valence-electron chi connectivity index (χ2n) is 3.76. The van der Waals surface area contributed by atoms with Gasteiger partial charge in [0.2, 0.25) is 6.54 Å². The van der Waals surface area contributed by atoms with Crippen LogP contribution in [0, 0.1) is 10.1 Å². The molecule has 0 aliphatic rings. The zero-order chi connectivity index (χ0) is 13.7. The van der Waals surface area contributed by atoms with E-state index in [1.165, 1.54) is 11.3 Å². The summed E-state index contributed by atoms with van der Waals surface area (Å²) in [5.41, 5.74) is 0.546. The van der Waals surface area contributed by atoms with Gasteiger partial charge >= 0.3 is 0 Å². The van der Waals surface area contributed by atoms with Gasteiger partial charge in [0, 0.05) is 28.0 Å². The number of carbonyl (C=O) groups is 1. The van der Waals surface area contributed by atoms with Crippen LogP contribution in [0.25, 0.3) is 0 Å². The zero-order valence-electron chi connectivity index (χ0n) is 9.91. The van der Waals surface area contributed by atoms with Crippen LogP contribution in [0.3, 0.4) is 0 Å². The van der Waals surface area contributed by atoms with Crippen molar-refractivity contribution in [2.45, 2.75) is 6.42 Å². The number of rotatable bonds is 5. The van der Waals surface area contributed by atoms with Crippen LogP contribution in [0.15, 0.2) is 36.5 Å². The normalized spacial score (nSPS) is 10.1. The number of carbonyl (C=O) groups excluding carboxylic acids is 1. The van der Waals surface area contributed by atoms with Crippen LogP contribution in [0.5, 0.6) is 0 Å². The van der Waals surface area contributed by atoms with E-state index in [4.69, 9.17) is 0 Å². The Balaban J connectivity index is 1.96. The Bertz CT molecular complexity index is 583. The first-order valence-electron chi connectivity index (χ1n) is 5.58. The molecule has 1 N–H and O–H groups in total. The number of anilines is 1. The highest BCUT2D eigenvalue weighted by atomic mass is 32.1. The van der Waals surface area contributed by atoms with E-state index in [1.54, 1.807) is 30.5 Å². The predicted octanol–water partition coefficient (Wildman–Crippen LogP) is 2.21. The first-order valence-corrected chi connectivity index (χ1v) is 6.39. The van der Waals surface area contributed by atoms with Gasteiger partial charge in [0.25, 0.3) is 5.91 Å². The minimum Gasteiger partial charge on any atom is -0.298 e. The second kappa shape index (κ2) is 6.05. The topological polar surface area (TPSA) is 85.1 Å². The van der Waals surface area contributed by atoms with E-state index in [0.29, 0.717) is 17.1 Å². The van der Waals surface area contributed by atoms with E-state index in [1.807, 2.05) is 6.07 Å². The van der Waals surface area contributed by atoms with Gasteiger partial charge < -0.3 is 0 Å². The van der Waals surface area contributed by atoms with Crippen molar-refractivity contribution in [3.63, 3.8) is 0 Å². The summed E-state index contributed by atoms with van der Waals surface area (Å²) in [4.78, 5) is 26.5. The van der Waals surface area contributed by atoms with Gasteiger partial charge in [-0.25, -0.2) is 4.98 Å². The van der Waals surface area contributed by atoms with E-state index >= 15 is 0 Å². The number of hydrogen-bond acceptors (Lipinski definition) is 5. The monoisotopic (exact) mass is 277 g/mol. The molecule has 1 amide bonds. The maximum Gasteiger partial charge on any atom is 0.257 e. The summed E-state index contributed by atoms with van der Waals surface area (Å²) in [6, 6.07) is 8.79. The second-order valence-corrected chi connectivity index (χ2v) is 4.87. The SMILES string of the molecule is O=C(Nc1ncc(CC[N+](=O)[O-])s1)c1ccccc1. The number of benzene rings is 1. The molecule has 7 heteroatoms. The molecule has 1 aromatic heterocycles. The molecule has 0 atom stereocenters. The number of aromatic nitrogens is 1. The minimum absolute atomic E-state index is 0.131. The zero-order valence-corrected chi connectivity index (χ0v) is 10.7. The highest BCUT2D eigenvalue weighted by Crippen LogP contribution is 2.19. The first kappa shape index (κ1) is 13.2. The Morgan fingerprint density at radius 3 is 2.79 bits per heavy atom. The summed E-state index contributed by atoms with van der Waals surface area (Å²) >= 11 is 1.25. The van der Waals surface area contributed by atoms with Crippen LogP contribution < -0.4 is 5.32 Å². The fourth-order valence-electron chi connectivity index (χ4n) is 1.44. The molecule has 0 fully saturated rings. The van der Waals surface area contributed by atoms with Crippen molar-refractivity contribution in [2.75, 3.05) is 11.9 Å². The Hall–Kier alpha value is -2.28. The molecule has 0 unspecified atom stereocenters. The van der Waals surface area contributed by atoms with Gasteiger partial charge in [0.1, 0.15) is 0 Å². The molecule has 98 valence electrons. The number of nitrogens with zero attached hydrogens (tertiary/aromatic N) is 2. The van der Waals surface area contributed by atoms with E-state index < -0.39 is 0 Å². The van der Waals surface area contributed by atoms with Crippen molar-refractivity contribution in [1.29, 1.82) is 0 Å². The number of hydrogen-bond donors (Lipinski definition) is 1. The molecule has 0 radical (unpaired) electrons. The molecule has 0 aliphatic heterocycles. The molecular formula is C12H11N3O3S. The highest BCUT2D eigenvalue weighted by molar-refractivity contribution is 7.15. The minimum atomic E-state index is -0.373. The summed E-state index contributed by atoms with van der Waals surface area (Å²) in [5, 5.41) is 13.4. The summed E-state index contributed by atoms with van der Waals surface area (Å²) < 4.78 is 0. The third-order valence-corrected chi connectivity index (χ3v) is 3.32. The van der Waals surface area contributed by atoms with Crippen LogP contribution in [0.4, 0.5) is 5.13 Å². The molecule has 1 heterocycles. The predicted molar refractivity (Wildman–Crippen MR) is 72.1 cm³/mol. The van der Waals surface area contributed by atoms with Gasteiger partial charge in [-0.3, -0.25) is 20.2 Å². The lowest BCUT2D eigenvalue weighted by molar-refractivity contribution is -0.479. The lowest BCUT2D eigenvalue weighted by atomic mass is 10.2. The third kappa shape index (κ3) is 3.85. The molecule has 19 heavy (non-hydrogen) atoms. The molecule has 0 saturated carbocycles. The fraction of sp³-hybridized carbons (Fsp3) is 0.167. The largest absolute Gasteiger partial charge is 0.298 e. The standard InChI is InChI=1S/C12H11N3O3S/c16-11(9-4-2-1-3-5-9)14-12-13-8-10(19-12)6-7-15(17)18/h1-5,8H,6-7H2,(H,13,14,16). The molecule has 2 rings (SSSR count). The van der Waals surface area contributed by atoms with Crippen molar-refractivity contribution < 1.29 is 9.72 Å². The van der Waals surface area contributed by atoms with Crippen LogP contribution >= 0.6 is 11.3 Å². The van der Waals surface area contributed by atoms with Gasteiger partial charge in [0.15, 0.2) is 5.13 Å². The average molecular weight is 277 g/mol. The number of thiazole rings is 1. The molecular weight excluding hydrogens is 266 g/mol. The third-order valence-electron chi connectivity index (χ3n) is 2.35. The Labute approximate surface area is 113 Å². The van der Waals surface area contributed by atoms with Crippen molar-refractivity contribution in [3.8, 4) is 0 Å². The van der Waals surface area contributed by atoms with Gasteiger partial charge in [-0.1, -0.05) is 18.2 Å². The van der Waals surface area contributed by atoms with Gasteiger partial charge in [0.05, 0.1) is 0 Å². The Kier molecular flexibility index (Phi) is 4.19. The molecule has 0 bridgehead atoms. The van der Waals surface area contributed by atoms with Crippen LogP contribution in [0.1, 0.15) is 15.2 Å². The molecule has 0 spiro atoms. The highest BCUT2D eigenvalue weighted by Gasteiger charge is 2.09. The van der Waals surface area contributed by atoms with E-state index in [0.717, 1.165) is 4.88 Å². The Morgan fingerprint density at radius 2 is 2.11 bits per heavy atom. The molecule has 0 aliphatic carbocycles. The van der Waals surface area contributed by atoms with Crippen molar-refractivity contribution >= 4 is 22.4 Å². The number of amides is 1. The lowest BCUT2D eigenvalue weighted by Crippen LogP contribution is -2.11. The van der Waals surface area contributed by atoms with Gasteiger partial charge in [-0.05, 0) is 12.1 Å². The van der Waals surface area contributed by atoms with Crippen LogP contribution in [-0.2, 0) is 6.42 Å². The quantitative estimate of drug-likeness (QED) is 0.670. The van der Waals surface area contributed by atoms with Crippen molar-refractivity contribution in [1.82, 2.24) is 4.98 Å². The van der Waals surface area contributed by atoms with Crippen LogP contribution in [0.2, 0.25) is 0 Å². The molecule has 6 nitrogen and oxygen atoms in total. The maximum atomic E-state index is 11.8. The first-order chi connectivity index (χ1) is 9.15. The molecule has 2 aromatic rings. The summed E-state index contributed by atoms with van der Waals surface area (Å²) in [5.74, 6) is -0.240. The van der Waals surface area contributed by atoms with E-state index in [9.17, 15) is 14.9 Å². The number of nitro groups is 1. The molecule has 0 saturated heterocycles. The summed E-state index contributed by atoms with van der Waals surface area (Å²) in [6.45, 7) is -0.131. The van der Waals surface area contributed by atoms with E-state index in [-0.39, 0.29) is 17.4 Å². The van der Waals surface area contributed by atoms with Crippen molar-refractivity contribution in [2.24, 2.45) is 0 Å².